The Morgan fingerprint density at radius 2 is 1.67 bits per heavy atom. The van der Waals surface area contributed by atoms with E-state index in [0.717, 1.165) is 10.5 Å². The predicted octanol–water partition coefficient (Wildman–Crippen LogP) is -1.11. The van der Waals surface area contributed by atoms with Crippen molar-refractivity contribution in [3.8, 4) is 0 Å². The minimum absolute atomic E-state index is 0. The molecule has 6 heavy (non-hydrogen) atoms. The summed E-state index contributed by atoms with van der Waals surface area (Å²) >= 11 is 0. The van der Waals surface area contributed by atoms with Gasteiger partial charge in [0.1, 0.15) is 10.5 Å². The van der Waals surface area contributed by atoms with Crippen LogP contribution in [-0.4, -0.2) is 27.9 Å². The molecule has 1 nitrogen and oxygen atoms in total. The first-order valence-corrected chi connectivity index (χ1v) is 5.40. The van der Waals surface area contributed by atoms with Crippen LogP contribution in [0.4, 0.5) is 0 Å². The Bertz CT molecular complexity index is 25.5. The zero-order valence-corrected chi connectivity index (χ0v) is 7.72. The third kappa shape index (κ3) is 8.82. The van der Waals surface area contributed by atoms with Crippen molar-refractivity contribution in [3.05, 3.63) is 0 Å². The van der Waals surface area contributed by atoms with E-state index >= 15 is 0 Å². The average Bonchev–Trinajstić information content (AvgIpc) is 1.38. The molecule has 0 aliphatic carbocycles. The van der Waals surface area contributed by atoms with Crippen molar-refractivity contribution in [1.29, 1.82) is 0 Å². The van der Waals surface area contributed by atoms with Crippen molar-refractivity contribution in [2.24, 2.45) is 0 Å². The van der Waals surface area contributed by atoms with Crippen molar-refractivity contribution in [1.82, 2.24) is 0 Å². The summed E-state index contributed by atoms with van der Waals surface area (Å²) in [5, 5.41) is 0. The largest absolute Gasteiger partial charge is 0.466 e. The lowest BCUT2D eigenvalue weighted by Crippen LogP contribution is -2.02. The minimum atomic E-state index is -0.588. The third-order valence-electron chi connectivity index (χ3n) is 0.471. The van der Waals surface area contributed by atoms with Gasteiger partial charge < -0.3 is 4.12 Å². The first-order valence-electron chi connectivity index (χ1n) is 1.80. The molecule has 0 aromatic rings. The predicted molar refractivity (Wildman–Crippen MR) is 35.7 cm³/mol. The SMILES string of the molecule is C[SiH](C)O[SiH3].[B]. The van der Waals surface area contributed by atoms with Crippen LogP contribution in [0.3, 0.4) is 0 Å². The summed E-state index contributed by atoms with van der Waals surface area (Å²) in [6, 6.07) is 0. The van der Waals surface area contributed by atoms with Gasteiger partial charge in [-0.15, -0.1) is 0 Å². The number of rotatable bonds is 1. The first kappa shape index (κ1) is 9.68. The van der Waals surface area contributed by atoms with E-state index in [0.29, 0.717) is 0 Å². The molecule has 0 amide bonds. The maximum Gasteiger partial charge on any atom is 0.156 e. The van der Waals surface area contributed by atoms with Gasteiger partial charge in [-0.25, -0.2) is 0 Å². The van der Waals surface area contributed by atoms with Gasteiger partial charge in [-0.1, -0.05) is 0 Å². The summed E-state index contributed by atoms with van der Waals surface area (Å²) in [6.45, 7) is 4.35. The van der Waals surface area contributed by atoms with Gasteiger partial charge in [0.2, 0.25) is 0 Å². The molecule has 0 aliphatic rings. The maximum atomic E-state index is 5.03. The topological polar surface area (TPSA) is 9.23 Å². The van der Waals surface area contributed by atoms with Crippen LogP contribution in [0.1, 0.15) is 0 Å². The highest BCUT2D eigenvalue weighted by Gasteiger charge is 1.82. The van der Waals surface area contributed by atoms with Crippen LogP contribution >= 0.6 is 0 Å². The fourth-order valence-corrected chi connectivity index (χ4v) is 0. The van der Waals surface area contributed by atoms with E-state index in [1.54, 1.807) is 0 Å². The van der Waals surface area contributed by atoms with Crippen molar-refractivity contribution in [2.75, 3.05) is 0 Å². The Morgan fingerprint density at radius 1 is 1.50 bits per heavy atom. The van der Waals surface area contributed by atoms with Crippen molar-refractivity contribution in [3.63, 3.8) is 0 Å². The van der Waals surface area contributed by atoms with Crippen LogP contribution in [0.15, 0.2) is 0 Å². The smallest absolute Gasteiger partial charge is 0.156 e. The van der Waals surface area contributed by atoms with Gasteiger partial charge in [-0.3, -0.25) is 0 Å². The lowest BCUT2D eigenvalue weighted by molar-refractivity contribution is 0.647. The Morgan fingerprint density at radius 3 is 1.67 bits per heavy atom. The second-order valence-electron chi connectivity index (χ2n) is 1.28. The Balaban J connectivity index is 0. The number of hydrogen-bond acceptors (Lipinski definition) is 1. The van der Waals surface area contributed by atoms with Crippen LogP contribution in [-0.2, 0) is 4.12 Å². The fourth-order valence-electron chi connectivity index (χ4n) is 0. The molecule has 0 aromatic carbocycles. The number of hydrogen-bond donors (Lipinski definition) is 0. The van der Waals surface area contributed by atoms with Crippen molar-refractivity contribution >= 4 is 27.9 Å². The molecule has 3 radical (unpaired) electrons. The molecule has 0 bridgehead atoms. The van der Waals surface area contributed by atoms with Crippen LogP contribution in [0.2, 0.25) is 13.1 Å². The summed E-state index contributed by atoms with van der Waals surface area (Å²) < 4.78 is 5.03. The molecule has 0 atom stereocenters. The van der Waals surface area contributed by atoms with Gasteiger partial charge in [0.05, 0.1) is 0 Å². The molecule has 0 N–H and O–H groups in total. The Hall–Kier alpha value is 0.459. The standard InChI is InChI=1S/C2H10OSi2.B/c1-5(2)3-4;/h5H,1-2,4H3;. The monoisotopic (exact) mass is 117 g/mol. The molecule has 0 spiro atoms. The maximum absolute atomic E-state index is 5.03. The average molecular weight is 117 g/mol. The highest BCUT2D eigenvalue weighted by molar-refractivity contribution is 6.52. The summed E-state index contributed by atoms with van der Waals surface area (Å²) in [4.78, 5) is 0. The molecule has 0 heterocycles. The van der Waals surface area contributed by atoms with E-state index in [-0.39, 0.29) is 8.41 Å². The molecule has 0 unspecified atom stereocenters. The van der Waals surface area contributed by atoms with Gasteiger partial charge in [-0.05, 0) is 13.1 Å². The normalized spacial score (nSPS) is 8.50. The van der Waals surface area contributed by atoms with E-state index in [9.17, 15) is 0 Å². The summed E-state index contributed by atoms with van der Waals surface area (Å²) in [7, 11) is 0.347. The highest BCUT2D eigenvalue weighted by atomic mass is 28.3. The van der Waals surface area contributed by atoms with Crippen LogP contribution in [0.25, 0.3) is 0 Å². The van der Waals surface area contributed by atoms with E-state index in [2.05, 4.69) is 13.1 Å². The molecule has 0 fully saturated rings. The van der Waals surface area contributed by atoms with Gasteiger partial charge in [0.15, 0.2) is 9.04 Å². The molecule has 4 heteroatoms. The summed E-state index contributed by atoms with van der Waals surface area (Å²) in [5.74, 6) is 0. The molecule has 35 valence electrons. The Kier molecular flexibility index (Phi) is 8.81. The highest BCUT2D eigenvalue weighted by Crippen LogP contribution is 1.72. The zero-order valence-electron chi connectivity index (χ0n) is 4.56. The van der Waals surface area contributed by atoms with Crippen LogP contribution < -0.4 is 0 Å². The van der Waals surface area contributed by atoms with Gasteiger partial charge in [0.25, 0.3) is 0 Å². The third-order valence-corrected chi connectivity index (χ3v) is 4.24. The molecular weight excluding hydrogens is 107 g/mol. The molecule has 0 aliphatic heterocycles. The quantitative estimate of drug-likeness (QED) is 0.395. The summed E-state index contributed by atoms with van der Waals surface area (Å²) in [6.07, 6.45) is 0. The minimum Gasteiger partial charge on any atom is -0.466 e. The van der Waals surface area contributed by atoms with E-state index < -0.39 is 9.04 Å². The molecular formula is C2H10BOSi2. The molecule has 0 aromatic heterocycles. The van der Waals surface area contributed by atoms with E-state index in [1.807, 2.05) is 0 Å². The second kappa shape index (κ2) is 5.46. The Labute approximate surface area is 45.9 Å². The second-order valence-corrected chi connectivity index (χ2v) is 5.27. The van der Waals surface area contributed by atoms with Crippen molar-refractivity contribution < 1.29 is 4.12 Å². The lowest BCUT2D eigenvalue weighted by atomic mass is 10.8. The lowest BCUT2D eigenvalue weighted by Gasteiger charge is -1.93. The van der Waals surface area contributed by atoms with Crippen LogP contribution in [0, 0.1) is 0 Å². The molecule has 0 saturated carbocycles. The van der Waals surface area contributed by atoms with Crippen molar-refractivity contribution in [2.45, 2.75) is 13.1 Å². The van der Waals surface area contributed by atoms with Gasteiger partial charge >= 0.3 is 0 Å². The van der Waals surface area contributed by atoms with E-state index in [4.69, 9.17) is 4.12 Å². The zero-order chi connectivity index (χ0) is 4.28. The fraction of sp³-hybridized carbons (Fsp3) is 1.00. The molecule has 0 rings (SSSR count). The summed E-state index contributed by atoms with van der Waals surface area (Å²) in [5.41, 5.74) is 0. The van der Waals surface area contributed by atoms with Gasteiger partial charge in [-0.2, -0.15) is 0 Å². The van der Waals surface area contributed by atoms with E-state index in [1.165, 1.54) is 0 Å². The molecule has 0 saturated heterocycles. The van der Waals surface area contributed by atoms with Crippen LogP contribution in [0.5, 0.6) is 0 Å². The van der Waals surface area contributed by atoms with Gasteiger partial charge in [0, 0.05) is 8.41 Å². The first-order chi connectivity index (χ1) is 2.27.